The van der Waals surface area contributed by atoms with E-state index in [9.17, 15) is 0 Å². The Hall–Kier alpha value is -0.650. The monoisotopic (exact) mass is 309 g/mol. The zero-order chi connectivity index (χ0) is 15.0. The number of nitrogens with zero attached hydrogens (tertiary/aromatic N) is 2. The van der Waals surface area contributed by atoms with Gasteiger partial charge in [0.05, 0.1) is 24.9 Å². The molecule has 2 atom stereocenters. The summed E-state index contributed by atoms with van der Waals surface area (Å²) in [5.41, 5.74) is 1.65. The molecule has 118 valence electrons. The lowest BCUT2D eigenvalue weighted by Crippen LogP contribution is -2.43. The Kier molecular flexibility index (Phi) is 4.26. The number of thiazole rings is 1. The van der Waals surface area contributed by atoms with Crippen molar-refractivity contribution in [1.82, 2.24) is 10.3 Å². The fourth-order valence-electron chi connectivity index (χ4n) is 3.47. The van der Waals surface area contributed by atoms with E-state index in [4.69, 9.17) is 9.72 Å². The van der Waals surface area contributed by atoms with E-state index in [1.54, 1.807) is 0 Å². The molecule has 2 aliphatic rings. The lowest BCUT2D eigenvalue weighted by atomic mass is 9.76. The van der Waals surface area contributed by atoms with Crippen molar-refractivity contribution in [2.24, 2.45) is 5.41 Å². The van der Waals surface area contributed by atoms with Crippen LogP contribution in [0.4, 0.5) is 5.13 Å². The Labute approximate surface area is 131 Å². The predicted octanol–water partition coefficient (Wildman–Crippen LogP) is 2.99. The molecule has 3 rings (SSSR count). The third-order valence-electron chi connectivity index (χ3n) is 4.50. The van der Waals surface area contributed by atoms with Crippen molar-refractivity contribution < 1.29 is 4.74 Å². The number of hydrogen-bond donors (Lipinski definition) is 1. The van der Waals surface area contributed by atoms with Crippen LogP contribution in [0.3, 0.4) is 0 Å². The Morgan fingerprint density at radius 2 is 2.29 bits per heavy atom. The Bertz CT molecular complexity index is 500. The Morgan fingerprint density at radius 1 is 1.48 bits per heavy atom. The van der Waals surface area contributed by atoms with E-state index in [2.05, 4.69) is 37.9 Å². The minimum Gasteiger partial charge on any atom is -0.377 e. The zero-order valence-corrected chi connectivity index (χ0v) is 14.4. The van der Waals surface area contributed by atoms with Crippen LogP contribution in [-0.4, -0.2) is 37.3 Å². The van der Waals surface area contributed by atoms with Crippen LogP contribution in [0.2, 0.25) is 0 Å². The number of morpholine rings is 1. The van der Waals surface area contributed by atoms with Crippen LogP contribution in [0.1, 0.15) is 50.7 Å². The molecule has 4 nitrogen and oxygen atoms in total. The fourth-order valence-corrected chi connectivity index (χ4v) is 4.75. The maximum Gasteiger partial charge on any atom is 0.186 e. The molecular formula is C16H27N3OS. The van der Waals surface area contributed by atoms with Crippen molar-refractivity contribution >= 4 is 16.5 Å². The van der Waals surface area contributed by atoms with Gasteiger partial charge >= 0.3 is 0 Å². The topological polar surface area (TPSA) is 37.4 Å². The molecule has 2 heterocycles. The molecule has 0 radical (unpaired) electrons. The third kappa shape index (κ3) is 3.10. The van der Waals surface area contributed by atoms with Crippen LogP contribution in [0.15, 0.2) is 0 Å². The fraction of sp³-hybridized carbons (Fsp3) is 0.812. The molecule has 1 aliphatic carbocycles. The summed E-state index contributed by atoms with van der Waals surface area (Å²) in [5.74, 6) is 0. The second kappa shape index (κ2) is 5.86. The minimum atomic E-state index is 0.335. The molecule has 0 saturated carbocycles. The molecule has 5 heteroatoms. The maximum absolute atomic E-state index is 5.55. The number of ether oxygens (including phenoxy) is 1. The highest BCUT2D eigenvalue weighted by atomic mass is 32.1. The summed E-state index contributed by atoms with van der Waals surface area (Å²) >= 11 is 1.89. The number of nitrogens with one attached hydrogen (secondary N) is 1. The maximum atomic E-state index is 5.55. The first-order valence-electron chi connectivity index (χ1n) is 8.07. The summed E-state index contributed by atoms with van der Waals surface area (Å²) in [7, 11) is 0. The van der Waals surface area contributed by atoms with Gasteiger partial charge in [-0.05, 0) is 31.7 Å². The summed E-state index contributed by atoms with van der Waals surface area (Å²) in [6, 6.07) is 0.897. The number of rotatable bonds is 3. The van der Waals surface area contributed by atoms with Gasteiger partial charge < -0.3 is 15.0 Å². The van der Waals surface area contributed by atoms with Crippen LogP contribution in [-0.2, 0) is 11.2 Å². The molecule has 1 fully saturated rings. The highest BCUT2D eigenvalue weighted by molar-refractivity contribution is 7.15. The van der Waals surface area contributed by atoms with E-state index in [-0.39, 0.29) is 0 Å². The van der Waals surface area contributed by atoms with Crippen LogP contribution < -0.4 is 10.2 Å². The van der Waals surface area contributed by atoms with Crippen molar-refractivity contribution in [2.45, 2.75) is 52.6 Å². The second-order valence-electron chi connectivity index (χ2n) is 7.08. The molecule has 0 spiro atoms. The van der Waals surface area contributed by atoms with Gasteiger partial charge in [0.25, 0.3) is 0 Å². The molecule has 1 N–H and O–H groups in total. The van der Waals surface area contributed by atoms with Crippen LogP contribution in [0.25, 0.3) is 0 Å². The van der Waals surface area contributed by atoms with Gasteiger partial charge in [0, 0.05) is 17.5 Å². The standard InChI is InChI=1S/C16H27N3OS/c1-5-17-12-8-16(3,4)9-13-14(12)21-15(18-13)19-6-7-20-10-11(19)2/h11-12,17H,5-10H2,1-4H3. The number of fused-ring (bicyclic) bond motifs is 1. The average Bonchev–Trinajstić information content (AvgIpc) is 2.81. The van der Waals surface area contributed by atoms with Crippen LogP contribution in [0.5, 0.6) is 0 Å². The quantitative estimate of drug-likeness (QED) is 0.931. The average molecular weight is 309 g/mol. The van der Waals surface area contributed by atoms with Gasteiger partial charge in [0.15, 0.2) is 5.13 Å². The van der Waals surface area contributed by atoms with E-state index in [1.165, 1.54) is 22.1 Å². The zero-order valence-electron chi connectivity index (χ0n) is 13.6. The van der Waals surface area contributed by atoms with Crippen molar-refractivity contribution in [3.8, 4) is 0 Å². The largest absolute Gasteiger partial charge is 0.377 e. The summed E-state index contributed by atoms with van der Waals surface area (Å²) in [6.07, 6.45) is 2.30. The molecular weight excluding hydrogens is 282 g/mol. The van der Waals surface area contributed by atoms with Crippen molar-refractivity contribution in [3.05, 3.63) is 10.6 Å². The SMILES string of the molecule is CCNC1CC(C)(C)Cc2nc(N3CCOCC3C)sc21. The second-order valence-corrected chi connectivity index (χ2v) is 8.09. The van der Waals surface area contributed by atoms with E-state index in [1.807, 2.05) is 11.3 Å². The normalized spacial score (nSPS) is 28.5. The van der Waals surface area contributed by atoms with Crippen LogP contribution >= 0.6 is 11.3 Å². The van der Waals surface area contributed by atoms with Gasteiger partial charge in [-0.2, -0.15) is 0 Å². The van der Waals surface area contributed by atoms with Crippen molar-refractivity contribution in [3.63, 3.8) is 0 Å². The van der Waals surface area contributed by atoms with E-state index >= 15 is 0 Å². The molecule has 1 aliphatic heterocycles. The highest BCUT2D eigenvalue weighted by Gasteiger charge is 2.36. The van der Waals surface area contributed by atoms with Gasteiger partial charge in [0.1, 0.15) is 0 Å². The molecule has 0 amide bonds. The Morgan fingerprint density at radius 3 is 3.00 bits per heavy atom. The van der Waals surface area contributed by atoms with E-state index in [0.717, 1.165) is 32.7 Å². The first-order chi connectivity index (χ1) is 10.00. The summed E-state index contributed by atoms with van der Waals surface area (Å²) in [5, 5.41) is 4.84. The Balaban J connectivity index is 1.90. The van der Waals surface area contributed by atoms with Crippen molar-refractivity contribution in [1.29, 1.82) is 0 Å². The molecule has 0 bridgehead atoms. The van der Waals surface area contributed by atoms with Gasteiger partial charge in [-0.25, -0.2) is 4.98 Å². The van der Waals surface area contributed by atoms with Crippen molar-refractivity contribution in [2.75, 3.05) is 31.2 Å². The van der Waals surface area contributed by atoms with E-state index in [0.29, 0.717) is 17.5 Å². The lowest BCUT2D eigenvalue weighted by molar-refractivity contribution is 0.0989. The first-order valence-corrected chi connectivity index (χ1v) is 8.89. The predicted molar refractivity (Wildman–Crippen MR) is 88.3 cm³/mol. The van der Waals surface area contributed by atoms with Gasteiger partial charge in [-0.1, -0.05) is 32.1 Å². The lowest BCUT2D eigenvalue weighted by Gasteiger charge is -2.34. The van der Waals surface area contributed by atoms with Gasteiger partial charge in [-0.15, -0.1) is 0 Å². The molecule has 1 aromatic heterocycles. The number of anilines is 1. The molecule has 1 aromatic rings. The minimum absolute atomic E-state index is 0.335. The molecule has 1 saturated heterocycles. The summed E-state index contributed by atoms with van der Waals surface area (Å²) in [6.45, 7) is 12.7. The first kappa shape index (κ1) is 15.3. The summed E-state index contributed by atoms with van der Waals surface area (Å²) in [4.78, 5) is 8.88. The highest BCUT2D eigenvalue weighted by Crippen LogP contribution is 2.45. The number of aromatic nitrogens is 1. The van der Waals surface area contributed by atoms with Gasteiger partial charge in [0.2, 0.25) is 0 Å². The van der Waals surface area contributed by atoms with Crippen LogP contribution in [0, 0.1) is 5.41 Å². The third-order valence-corrected chi connectivity index (χ3v) is 5.75. The molecule has 0 aromatic carbocycles. The summed E-state index contributed by atoms with van der Waals surface area (Å²) < 4.78 is 5.55. The molecule has 21 heavy (non-hydrogen) atoms. The smallest absolute Gasteiger partial charge is 0.186 e. The van der Waals surface area contributed by atoms with Gasteiger partial charge in [-0.3, -0.25) is 0 Å². The molecule has 2 unspecified atom stereocenters. The van der Waals surface area contributed by atoms with E-state index < -0.39 is 0 Å². The number of hydrogen-bond acceptors (Lipinski definition) is 5.